The maximum Gasteiger partial charge on any atom is 0.339 e. The number of para-hydroxylation sites is 1. The monoisotopic (exact) mass is 376 g/mol. The van der Waals surface area contributed by atoms with E-state index in [9.17, 15) is 9.59 Å². The molecule has 0 bridgehead atoms. The van der Waals surface area contributed by atoms with Crippen molar-refractivity contribution < 1.29 is 14.3 Å². The molecule has 2 N–H and O–H groups in total. The van der Waals surface area contributed by atoms with Gasteiger partial charge in [0.15, 0.2) is 0 Å². The van der Waals surface area contributed by atoms with E-state index >= 15 is 0 Å². The van der Waals surface area contributed by atoms with Crippen molar-refractivity contribution in [1.82, 2.24) is 9.97 Å². The number of nitrogens with zero attached hydrogens (tertiary/aromatic N) is 2. The van der Waals surface area contributed by atoms with E-state index in [4.69, 9.17) is 4.74 Å². The van der Waals surface area contributed by atoms with Crippen molar-refractivity contribution >= 4 is 29.2 Å². The Labute approximate surface area is 162 Å². The molecule has 7 heteroatoms. The molecule has 0 aliphatic heterocycles. The number of anilines is 3. The van der Waals surface area contributed by atoms with E-state index in [1.54, 1.807) is 37.3 Å². The summed E-state index contributed by atoms with van der Waals surface area (Å²) in [6.07, 6.45) is 0. The third-order valence-electron chi connectivity index (χ3n) is 3.98. The van der Waals surface area contributed by atoms with Crippen molar-refractivity contribution in [2.24, 2.45) is 0 Å². The van der Waals surface area contributed by atoms with Crippen LogP contribution in [0.1, 0.15) is 32.1 Å². The predicted octanol–water partition coefficient (Wildman–Crippen LogP) is 3.88. The molecule has 0 atom stereocenters. The number of amides is 1. The van der Waals surface area contributed by atoms with Gasteiger partial charge in [0.05, 0.1) is 18.4 Å². The van der Waals surface area contributed by atoms with Gasteiger partial charge in [-0.2, -0.15) is 0 Å². The van der Waals surface area contributed by atoms with Gasteiger partial charge in [0.2, 0.25) is 5.95 Å². The van der Waals surface area contributed by atoms with Crippen LogP contribution in [-0.4, -0.2) is 29.0 Å². The van der Waals surface area contributed by atoms with Crippen molar-refractivity contribution in [3.63, 3.8) is 0 Å². The van der Waals surface area contributed by atoms with Crippen molar-refractivity contribution in [1.29, 1.82) is 0 Å². The molecule has 0 aliphatic rings. The zero-order chi connectivity index (χ0) is 20.1. The lowest BCUT2D eigenvalue weighted by molar-refractivity contribution is 0.0601. The molecule has 28 heavy (non-hydrogen) atoms. The van der Waals surface area contributed by atoms with Crippen molar-refractivity contribution in [3.8, 4) is 0 Å². The van der Waals surface area contributed by atoms with Gasteiger partial charge in [-0.15, -0.1) is 0 Å². The Kier molecular flexibility index (Phi) is 5.64. The number of methoxy groups -OCH3 is 1. The largest absolute Gasteiger partial charge is 0.465 e. The fourth-order valence-corrected chi connectivity index (χ4v) is 2.57. The number of carbonyl (C=O) groups excluding carboxylic acids is 2. The van der Waals surface area contributed by atoms with Crippen LogP contribution in [0, 0.1) is 13.8 Å². The lowest BCUT2D eigenvalue weighted by Crippen LogP contribution is -2.16. The Morgan fingerprint density at radius 1 is 0.964 bits per heavy atom. The molecule has 1 heterocycles. The number of benzene rings is 2. The fraction of sp³-hybridized carbons (Fsp3) is 0.143. The molecule has 3 rings (SSSR count). The molecular formula is C21H20N4O3. The van der Waals surface area contributed by atoms with Gasteiger partial charge in [0, 0.05) is 11.4 Å². The van der Waals surface area contributed by atoms with Gasteiger partial charge in [0.25, 0.3) is 5.91 Å². The minimum absolute atomic E-state index is 0.213. The summed E-state index contributed by atoms with van der Waals surface area (Å²) in [5.41, 5.74) is 3.45. The van der Waals surface area contributed by atoms with Gasteiger partial charge >= 0.3 is 5.97 Å². The molecule has 3 aromatic rings. The molecule has 0 unspecified atom stereocenters. The predicted molar refractivity (Wildman–Crippen MR) is 107 cm³/mol. The van der Waals surface area contributed by atoms with E-state index in [0.29, 0.717) is 22.6 Å². The first-order valence-electron chi connectivity index (χ1n) is 8.64. The van der Waals surface area contributed by atoms with E-state index in [-0.39, 0.29) is 17.5 Å². The number of nitrogens with one attached hydrogen (secondary N) is 2. The summed E-state index contributed by atoms with van der Waals surface area (Å²) in [5.74, 6) is -0.614. The van der Waals surface area contributed by atoms with Gasteiger partial charge in [-0.05, 0) is 44.2 Å². The first-order chi connectivity index (χ1) is 13.5. The second kappa shape index (κ2) is 8.30. The number of ether oxygens (including phenoxy) is 1. The van der Waals surface area contributed by atoms with Gasteiger partial charge < -0.3 is 15.4 Å². The number of hydrogen-bond acceptors (Lipinski definition) is 6. The first-order valence-corrected chi connectivity index (χ1v) is 8.64. The highest BCUT2D eigenvalue weighted by molar-refractivity contribution is 6.03. The van der Waals surface area contributed by atoms with Crippen LogP contribution in [0.15, 0.2) is 54.6 Å². The average Bonchev–Trinajstić information content (AvgIpc) is 2.69. The highest BCUT2D eigenvalue weighted by atomic mass is 16.5. The number of aryl methyl sites for hydroxylation is 2. The standard InChI is InChI=1S/C21H20N4O3/c1-13-8-10-15(11-9-13)23-19(26)18-12-14(2)22-21(25-18)24-17-7-5-4-6-16(17)20(27)28-3/h4-12H,1-3H3,(H,23,26)(H,22,24,25). The zero-order valence-electron chi connectivity index (χ0n) is 15.8. The van der Waals surface area contributed by atoms with Crippen LogP contribution in [0.2, 0.25) is 0 Å². The Bertz CT molecular complexity index is 1020. The molecule has 0 saturated heterocycles. The maximum absolute atomic E-state index is 12.6. The average molecular weight is 376 g/mol. The topological polar surface area (TPSA) is 93.2 Å². The van der Waals surface area contributed by atoms with Crippen LogP contribution in [-0.2, 0) is 4.74 Å². The lowest BCUT2D eigenvalue weighted by Gasteiger charge is -2.11. The van der Waals surface area contributed by atoms with Crippen molar-refractivity contribution in [3.05, 3.63) is 77.1 Å². The number of hydrogen-bond donors (Lipinski definition) is 2. The number of aromatic nitrogens is 2. The van der Waals surface area contributed by atoms with Crippen LogP contribution >= 0.6 is 0 Å². The highest BCUT2D eigenvalue weighted by Crippen LogP contribution is 2.20. The number of esters is 1. The Morgan fingerprint density at radius 2 is 1.68 bits per heavy atom. The van der Waals surface area contributed by atoms with E-state index in [0.717, 1.165) is 5.56 Å². The normalized spacial score (nSPS) is 10.2. The minimum atomic E-state index is -0.479. The first kappa shape index (κ1) is 19.0. The zero-order valence-corrected chi connectivity index (χ0v) is 15.8. The van der Waals surface area contributed by atoms with E-state index in [1.165, 1.54) is 7.11 Å². The van der Waals surface area contributed by atoms with Crippen LogP contribution in [0.5, 0.6) is 0 Å². The molecule has 0 spiro atoms. The summed E-state index contributed by atoms with van der Waals surface area (Å²) < 4.78 is 4.79. The Morgan fingerprint density at radius 3 is 2.39 bits per heavy atom. The van der Waals surface area contributed by atoms with E-state index in [2.05, 4.69) is 20.6 Å². The van der Waals surface area contributed by atoms with E-state index < -0.39 is 5.97 Å². The second-order valence-electron chi connectivity index (χ2n) is 6.20. The highest BCUT2D eigenvalue weighted by Gasteiger charge is 2.15. The molecule has 0 fully saturated rings. The van der Waals surface area contributed by atoms with Gasteiger partial charge in [-0.1, -0.05) is 29.8 Å². The smallest absolute Gasteiger partial charge is 0.339 e. The third-order valence-corrected chi connectivity index (χ3v) is 3.98. The molecule has 0 aliphatic carbocycles. The fourth-order valence-electron chi connectivity index (χ4n) is 2.57. The van der Waals surface area contributed by atoms with Crippen LogP contribution in [0.4, 0.5) is 17.3 Å². The molecule has 142 valence electrons. The minimum Gasteiger partial charge on any atom is -0.465 e. The summed E-state index contributed by atoms with van der Waals surface area (Å²) >= 11 is 0. The van der Waals surface area contributed by atoms with Crippen LogP contribution in [0.3, 0.4) is 0 Å². The summed E-state index contributed by atoms with van der Waals surface area (Å²) in [4.78, 5) is 33.1. The summed E-state index contributed by atoms with van der Waals surface area (Å²) in [7, 11) is 1.32. The molecule has 0 radical (unpaired) electrons. The van der Waals surface area contributed by atoms with Gasteiger partial charge in [-0.25, -0.2) is 14.8 Å². The molecule has 7 nitrogen and oxygen atoms in total. The number of rotatable bonds is 5. The quantitative estimate of drug-likeness (QED) is 0.657. The SMILES string of the molecule is COC(=O)c1ccccc1Nc1nc(C)cc(C(=O)Nc2ccc(C)cc2)n1. The van der Waals surface area contributed by atoms with Crippen molar-refractivity contribution in [2.45, 2.75) is 13.8 Å². The van der Waals surface area contributed by atoms with E-state index in [1.807, 2.05) is 31.2 Å². The third kappa shape index (κ3) is 4.50. The summed E-state index contributed by atoms with van der Waals surface area (Å²) in [5, 5.41) is 5.80. The Hall–Kier alpha value is -3.74. The van der Waals surface area contributed by atoms with Crippen molar-refractivity contribution in [2.75, 3.05) is 17.7 Å². The maximum atomic E-state index is 12.6. The molecule has 2 aromatic carbocycles. The molecule has 1 amide bonds. The lowest BCUT2D eigenvalue weighted by atomic mass is 10.2. The molecule has 0 saturated carbocycles. The second-order valence-corrected chi connectivity index (χ2v) is 6.20. The summed E-state index contributed by atoms with van der Waals surface area (Å²) in [6.45, 7) is 3.74. The van der Waals surface area contributed by atoms with Gasteiger partial charge in [-0.3, -0.25) is 4.79 Å². The Balaban J connectivity index is 1.85. The summed E-state index contributed by atoms with van der Waals surface area (Å²) in [6, 6.07) is 15.9. The van der Waals surface area contributed by atoms with Crippen LogP contribution in [0.25, 0.3) is 0 Å². The molecular weight excluding hydrogens is 356 g/mol. The number of carbonyl (C=O) groups is 2. The van der Waals surface area contributed by atoms with Crippen LogP contribution < -0.4 is 10.6 Å². The molecule has 1 aromatic heterocycles. The van der Waals surface area contributed by atoms with Gasteiger partial charge in [0.1, 0.15) is 5.69 Å².